The van der Waals surface area contributed by atoms with Crippen molar-refractivity contribution in [1.29, 1.82) is 0 Å². The summed E-state index contributed by atoms with van der Waals surface area (Å²) in [6.45, 7) is 4.71. The van der Waals surface area contributed by atoms with E-state index in [2.05, 4.69) is 14.7 Å². The molecule has 0 radical (unpaired) electrons. The number of nitrogens with one attached hydrogen (secondary N) is 1. The van der Waals surface area contributed by atoms with Gasteiger partial charge in [0, 0.05) is 56.7 Å². The minimum absolute atomic E-state index is 0.0137. The lowest BCUT2D eigenvalue weighted by atomic mass is 9.83. The Morgan fingerprint density at radius 2 is 1.74 bits per heavy atom. The molecule has 2 heterocycles. The maximum atomic E-state index is 13.2. The number of methoxy groups -OCH3 is 1. The predicted molar refractivity (Wildman–Crippen MR) is 144 cm³/mol. The number of sulfonamides is 1. The van der Waals surface area contributed by atoms with E-state index in [0.717, 1.165) is 0 Å². The fourth-order valence-electron chi connectivity index (χ4n) is 4.78. The SMILES string of the molecule is COCOC(=O)OC1(CC(C)C)CCN(C(=O)c2ccc(NS(=O)(=O)c3cccc4nccnc34)cc2)CC1. The Labute approximate surface area is 227 Å². The Kier molecular flexibility index (Phi) is 8.66. The Hall–Kier alpha value is -3.77. The van der Waals surface area contributed by atoms with E-state index in [1.807, 2.05) is 13.8 Å². The van der Waals surface area contributed by atoms with E-state index in [9.17, 15) is 18.0 Å². The molecule has 39 heavy (non-hydrogen) atoms. The Bertz CT molecular complexity index is 1410. The highest BCUT2D eigenvalue weighted by molar-refractivity contribution is 7.93. The fraction of sp³-hybridized carbons (Fsp3) is 0.407. The van der Waals surface area contributed by atoms with Crippen molar-refractivity contribution in [2.75, 3.05) is 31.7 Å². The summed E-state index contributed by atoms with van der Waals surface area (Å²) in [7, 11) is -2.52. The van der Waals surface area contributed by atoms with Gasteiger partial charge in [-0.2, -0.15) is 0 Å². The summed E-state index contributed by atoms with van der Waals surface area (Å²) < 4.78 is 44.0. The van der Waals surface area contributed by atoms with Crippen LogP contribution in [0.25, 0.3) is 11.0 Å². The van der Waals surface area contributed by atoms with Gasteiger partial charge in [0.15, 0.2) is 6.79 Å². The third kappa shape index (κ3) is 6.82. The molecular formula is C27H32N4O7S. The maximum Gasteiger partial charge on any atom is 0.510 e. The van der Waals surface area contributed by atoms with E-state index < -0.39 is 21.8 Å². The number of nitrogens with zero attached hydrogens (tertiary/aromatic N) is 3. The number of aromatic nitrogens is 2. The quantitative estimate of drug-likeness (QED) is 0.303. The number of amides is 1. The molecule has 1 amide bonds. The molecular weight excluding hydrogens is 524 g/mol. The molecule has 2 aromatic carbocycles. The minimum atomic E-state index is -3.94. The van der Waals surface area contributed by atoms with Gasteiger partial charge in [-0.1, -0.05) is 19.9 Å². The molecule has 0 bridgehead atoms. The third-order valence-corrected chi connectivity index (χ3v) is 7.88. The van der Waals surface area contributed by atoms with E-state index in [1.165, 1.54) is 25.6 Å². The van der Waals surface area contributed by atoms with E-state index in [4.69, 9.17) is 14.2 Å². The monoisotopic (exact) mass is 556 g/mol. The molecule has 3 aromatic rings. The van der Waals surface area contributed by atoms with E-state index in [1.54, 1.807) is 41.3 Å². The van der Waals surface area contributed by atoms with Crippen molar-refractivity contribution in [1.82, 2.24) is 14.9 Å². The molecule has 1 aliphatic rings. The molecule has 12 heteroatoms. The predicted octanol–water partition coefficient (Wildman–Crippen LogP) is 4.21. The van der Waals surface area contributed by atoms with Crippen LogP contribution in [0.2, 0.25) is 0 Å². The fourth-order valence-corrected chi connectivity index (χ4v) is 6.00. The van der Waals surface area contributed by atoms with Crippen LogP contribution in [-0.4, -0.2) is 67.9 Å². The molecule has 0 spiro atoms. The zero-order valence-corrected chi connectivity index (χ0v) is 22.9. The van der Waals surface area contributed by atoms with Gasteiger partial charge in [0.1, 0.15) is 16.0 Å². The van der Waals surface area contributed by atoms with Crippen molar-refractivity contribution < 1.29 is 32.2 Å². The second-order valence-corrected chi connectivity index (χ2v) is 11.5. The van der Waals surface area contributed by atoms with Crippen LogP contribution in [0.1, 0.15) is 43.5 Å². The number of ether oxygens (including phenoxy) is 3. The van der Waals surface area contributed by atoms with E-state index in [-0.39, 0.29) is 29.0 Å². The van der Waals surface area contributed by atoms with Gasteiger partial charge >= 0.3 is 6.16 Å². The molecule has 1 saturated heterocycles. The number of carbonyl (C=O) groups excluding carboxylic acids is 2. The van der Waals surface area contributed by atoms with Gasteiger partial charge in [0.05, 0.1) is 5.52 Å². The summed E-state index contributed by atoms with van der Waals surface area (Å²) >= 11 is 0. The highest BCUT2D eigenvalue weighted by Gasteiger charge is 2.40. The minimum Gasteiger partial charge on any atom is -0.427 e. The first kappa shape index (κ1) is 28.2. The molecule has 1 aromatic heterocycles. The van der Waals surface area contributed by atoms with Crippen molar-refractivity contribution in [2.45, 2.75) is 43.6 Å². The number of benzene rings is 2. The lowest BCUT2D eigenvalue weighted by Gasteiger charge is -2.41. The molecule has 1 fully saturated rings. The average Bonchev–Trinajstić information content (AvgIpc) is 2.91. The summed E-state index contributed by atoms with van der Waals surface area (Å²) in [5.41, 5.74) is 0.756. The Morgan fingerprint density at radius 1 is 1.05 bits per heavy atom. The van der Waals surface area contributed by atoms with Gasteiger partial charge in [0.2, 0.25) is 0 Å². The third-order valence-electron chi connectivity index (χ3n) is 6.47. The number of rotatable bonds is 9. The molecule has 0 atom stereocenters. The number of anilines is 1. The van der Waals surface area contributed by atoms with E-state index >= 15 is 0 Å². The summed E-state index contributed by atoms with van der Waals surface area (Å²) in [5, 5.41) is 0. The van der Waals surface area contributed by atoms with Gasteiger partial charge in [0.25, 0.3) is 15.9 Å². The van der Waals surface area contributed by atoms with Crippen LogP contribution in [0.3, 0.4) is 0 Å². The number of fused-ring (bicyclic) bond motifs is 1. The van der Waals surface area contributed by atoms with Crippen molar-refractivity contribution in [3.8, 4) is 0 Å². The van der Waals surface area contributed by atoms with Gasteiger partial charge in [-0.05, 0) is 48.7 Å². The second kappa shape index (κ2) is 12.0. The largest absolute Gasteiger partial charge is 0.510 e. The smallest absolute Gasteiger partial charge is 0.427 e. The van der Waals surface area contributed by atoms with Crippen LogP contribution in [0.4, 0.5) is 10.5 Å². The van der Waals surface area contributed by atoms with Crippen molar-refractivity contribution in [2.24, 2.45) is 5.92 Å². The number of hydrogen-bond acceptors (Lipinski definition) is 9. The standard InChI is InChI=1S/C27H32N4O7S/c1-19(2)17-27(38-26(33)37-18-36-3)11-15-31(16-12-27)25(32)20-7-9-21(10-8-20)30-39(34,35)23-6-4-5-22-24(23)29-14-13-28-22/h4-10,13-14,19,30H,11-12,15-18H2,1-3H3. The lowest BCUT2D eigenvalue weighted by molar-refractivity contribution is -0.0949. The van der Waals surface area contributed by atoms with Gasteiger partial charge in [-0.15, -0.1) is 0 Å². The van der Waals surface area contributed by atoms with Crippen LogP contribution in [-0.2, 0) is 24.2 Å². The highest BCUT2D eigenvalue weighted by Crippen LogP contribution is 2.34. The number of likely N-dealkylation sites (tertiary alicyclic amines) is 1. The van der Waals surface area contributed by atoms with Crippen LogP contribution in [0.15, 0.2) is 59.8 Å². The van der Waals surface area contributed by atoms with Crippen LogP contribution < -0.4 is 4.72 Å². The molecule has 0 saturated carbocycles. The zero-order chi connectivity index (χ0) is 28.0. The Morgan fingerprint density at radius 3 is 2.41 bits per heavy atom. The molecule has 1 aliphatic heterocycles. The average molecular weight is 557 g/mol. The topological polar surface area (TPSA) is 137 Å². The van der Waals surface area contributed by atoms with Crippen molar-refractivity contribution in [3.63, 3.8) is 0 Å². The number of hydrogen-bond donors (Lipinski definition) is 1. The molecule has 0 unspecified atom stereocenters. The highest BCUT2D eigenvalue weighted by atomic mass is 32.2. The molecule has 1 N–H and O–H groups in total. The summed E-state index contributed by atoms with van der Waals surface area (Å²) in [6, 6.07) is 11.0. The molecule has 208 valence electrons. The first-order valence-corrected chi connectivity index (χ1v) is 14.1. The van der Waals surface area contributed by atoms with Gasteiger partial charge in [-0.25, -0.2) is 13.2 Å². The summed E-state index contributed by atoms with van der Waals surface area (Å²) in [6.07, 6.45) is 3.75. The molecule has 0 aliphatic carbocycles. The normalized spacial score (nSPS) is 15.2. The molecule has 11 nitrogen and oxygen atoms in total. The summed E-state index contributed by atoms with van der Waals surface area (Å²) in [5.74, 6) is 0.0913. The number of para-hydroxylation sites is 1. The lowest BCUT2D eigenvalue weighted by Crippen LogP contribution is -2.49. The molecule has 4 rings (SSSR count). The van der Waals surface area contributed by atoms with E-state index in [0.29, 0.717) is 49.1 Å². The Balaban J connectivity index is 1.41. The van der Waals surface area contributed by atoms with Crippen LogP contribution >= 0.6 is 0 Å². The van der Waals surface area contributed by atoms with Crippen LogP contribution in [0.5, 0.6) is 0 Å². The number of carbonyl (C=O) groups is 2. The summed E-state index contributed by atoms with van der Waals surface area (Å²) in [4.78, 5) is 35.3. The second-order valence-electron chi connectivity index (χ2n) is 9.84. The first-order chi connectivity index (χ1) is 18.6. The number of piperidine rings is 1. The van der Waals surface area contributed by atoms with Gasteiger partial charge in [-0.3, -0.25) is 19.5 Å². The van der Waals surface area contributed by atoms with Crippen molar-refractivity contribution in [3.05, 3.63) is 60.4 Å². The zero-order valence-electron chi connectivity index (χ0n) is 22.1. The van der Waals surface area contributed by atoms with Crippen LogP contribution in [0, 0.1) is 5.92 Å². The first-order valence-electron chi connectivity index (χ1n) is 12.6. The van der Waals surface area contributed by atoms with Gasteiger partial charge < -0.3 is 19.1 Å². The van der Waals surface area contributed by atoms with Crippen molar-refractivity contribution >= 4 is 38.8 Å². The maximum absolute atomic E-state index is 13.2.